The van der Waals surface area contributed by atoms with Crippen LogP contribution >= 0.6 is 0 Å². The van der Waals surface area contributed by atoms with Crippen LogP contribution in [0.1, 0.15) is 18.5 Å². The fourth-order valence-corrected chi connectivity index (χ4v) is 2.45. The van der Waals surface area contributed by atoms with Crippen LogP contribution in [0, 0.1) is 0 Å². The number of anilines is 1. The van der Waals surface area contributed by atoms with Crippen LogP contribution in [0.3, 0.4) is 0 Å². The van der Waals surface area contributed by atoms with Crippen molar-refractivity contribution in [3.8, 4) is 23.0 Å². The lowest BCUT2D eigenvalue weighted by Gasteiger charge is -2.17. The molecule has 1 unspecified atom stereocenters. The number of carbonyl (C=O) groups excluding carboxylic acids is 1. The lowest BCUT2D eigenvalue weighted by Crippen LogP contribution is -2.31. The third kappa shape index (κ3) is 4.72. The summed E-state index contributed by atoms with van der Waals surface area (Å²) >= 11 is 0. The number of nitrogens with one attached hydrogen (secondary N) is 2. The van der Waals surface area contributed by atoms with Gasteiger partial charge in [-0.1, -0.05) is 6.07 Å². The fourth-order valence-electron chi connectivity index (χ4n) is 2.45. The Hall–Kier alpha value is -3.09. The van der Waals surface area contributed by atoms with Crippen LogP contribution in [0.2, 0.25) is 0 Å². The molecule has 0 heterocycles. The van der Waals surface area contributed by atoms with Gasteiger partial charge in [-0.2, -0.15) is 0 Å². The van der Waals surface area contributed by atoms with Crippen LogP contribution in [0.4, 0.5) is 10.5 Å². The maximum atomic E-state index is 12.3. The first-order valence-electron chi connectivity index (χ1n) is 8.03. The van der Waals surface area contributed by atoms with Gasteiger partial charge in [0.1, 0.15) is 11.5 Å². The number of amides is 2. The highest BCUT2D eigenvalue weighted by Crippen LogP contribution is 2.30. The third-order valence-corrected chi connectivity index (χ3v) is 3.86. The quantitative estimate of drug-likeness (QED) is 0.789. The van der Waals surface area contributed by atoms with Gasteiger partial charge in [-0.15, -0.1) is 0 Å². The Kier molecular flexibility index (Phi) is 6.54. The first-order chi connectivity index (χ1) is 12.5. The lowest BCUT2D eigenvalue weighted by atomic mass is 10.1. The number of hydrogen-bond donors (Lipinski definition) is 2. The largest absolute Gasteiger partial charge is 0.497 e. The fraction of sp³-hybridized carbons (Fsp3) is 0.316. The highest BCUT2D eigenvalue weighted by Gasteiger charge is 2.13. The van der Waals surface area contributed by atoms with Gasteiger partial charge in [0.05, 0.1) is 34.5 Å². The summed E-state index contributed by atoms with van der Waals surface area (Å²) in [6.45, 7) is 1.88. The summed E-state index contributed by atoms with van der Waals surface area (Å²) in [6, 6.07) is 10.1. The van der Waals surface area contributed by atoms with E-state index in [4.69, 9.17) is 18.9 Å². The predicted octanol–water partition coefficient (Wildman–Crippen LogP) is 3.60. The van der Waals surface area contributed by atoms with E-state index in [0.717, 1.165) is 5.56 Å². The molecule has 0 fully saturated rings. The van der Waals surface area contributed by atoms with Gasteiger partial charge in [-0.3, -0.25) is 0 Å². The van der Waals surface area contributed by atoms with E-state index in [1.165, 1.54) is 0 Å². The van der Waals surface area contributed by atoms with E-state index in [2.05, 4.69) is 10.6 Å². The van der Waals surface area contributed by atoms with E-state index in [0.29, 0.717) is 28.7 Å². The second-order valence-electron chi connectivity index (χ2n) is 5.54. The van der Waals surface area contributed by atoms with Crippen LogP contribution in [-0.2, 0) is 0 Å². The summed E-state index contributed by atoms with van der Waals surface area (Å²) in [6.07, 6.45) is 0. The molecule has 0 saturated heterocycles. The highest BCUT2D eigenvalue weighted by atomic mass is 16.5. The van der Waals surface area contributed by atoms with Gasteiger partial charge < -0.3 is 29.6 Å². The zero-order chi connectivity index (χ0) is 19.1. The van der Waals surface area contributed by atoms with Crippen molar-refractivity contribution >= 4 is 11.7 Å². The Bertz CT molecular complexity index is 741. The molecule has 0 saturated carbocycles. The number of methoxy groups -OCH3 is 4. The Morgan fingerprint density at radius 2 is 1.46 bits per heavy atom. The summed E-state index contributed by atoms with van der Waals surface area (Å²) in [4.78, 5) is 12.3. The van der Waals surface area contributed by atoms with E-state index in [1.54, 1.807) is 52.7 Å². The molecular weight excluding hydrogens is 336 g/mol. The molecule has 2 amide bonds. The number of hydrogen-bond acceptors (Lipinski definition) is 5. The summed E-state index contributed by atoms with van der Waals surface area (Å²) in [5.41, 5.74) is 1.46. The Morgan fingerprint density at radius 3 is 2.00 bits per heavy atom. The normalized spacial score (nSPS) is 11.3. The van der Waals surface area contributed by atoms with E-state index >= 15 is 0 Å². The minimum Gasteiger partial charge on any atom is -0.497 e. The number of urea groups is 1. The molecule has 0 aliphatic heterocycles. The molecule has 7 nitrogen and oxygen atoms in total. The monoisotopic (exact) mass is 360 g/mol. The third-order valence-electron chi connectivity index (χ3n) is 3.86. The molecule has 2 rings (SSSR count). The number of benzene rings is 2. The minimum atomic E-state index is -0.345. The molecule has 0 bridgehead atoms. The van der Waals surface area contributed by atoms with Crippen molar-refractivity contribution in [2.24, 2.45) is 0 Å². The maximum absolute atomic E-state index is 12.3. The molecule has 140 valence electrons. The van der Waals surface area contributed by atoms with Crippen molar-refractivity contribution in [2.75, 3.05) is 33.8 Å². The molecule has 26 heavy (non-hydrogen) atoms. The molecule has 2 N–H and O–H groups in total. The predicted molar refractivity (Wildman–Crippen MR) is 99.7 cm³/mol. The van der Waals surface area contributed by atoms with Gasteiger partial charge in [0, 0.05) is 23.9 Å². The molecule has 0 radical (unpaired) electrons. The van der Waals surface area contributed by atoms with Crippen molar-refractivity contribution in [3.05, 3.63) is 42.0 Å². The van der Waals surface area contributed by atoms with Gasteiger partial charge >= 0.3 is 6.03 Å². The number of rotatable bonds is 7. The maximum Gasteiger partial charge on any atom is 0.319 e. The minimum absolute atomic E-state index is 0.234. The number of ether oxygens (including phenoxy) is 4. The van der Waals surface area contributed by atoms with Gasteiger partial charge in [0.2, 0.25) is 0 Å². The van der Waals surface area contributed by atoms with E-state index in [-0.39, 0.29) is 12.1 Å². The van der Waals surface area contributed by atoms with E-state index < -0.39 is 0 Å². The first kappa shape index (κ1) is 19.2. The molecule has 0 aliphatic rings. The molecule has 1 atom stereocenters. The summed E-state index contributed by atoms with van der Waals surface area (Å²) in [7, 11) is 6.26. The highest BCUT2D eigenvalue weighted by molar-refractivity contribution is 5.90. The Balaban J connectivity index is 2.08. The SMILES string of the molecule is COc1cc(NC(=O)NC(C)c2ccc(OC)c(OC)c2)cc(OC)c1. The summed E-state index contributed by atoms with van der Waals surface area (Å²) in [5, 5.41) is 5.66. The zero-order valence-electron chi connectivity index (χ0n) is 15.6. The van der Waals surface area contributed by atoms with Crippen molar-refractivity contribution in [3.63, 3.8) is 0 Å². The zero-order valence-corrected chi connectivity index (χ0v) is 15.6. The van der Waals surface area contributed by atoms with Crippen LogP contribution in [0.25, 0.3) is 0 Å². The molecule has 7 heteroatoms. The van der Waals surface area contributed by atoms with Crippen LogP contribution in [0.15, 0.2) is 36.4 Å². The second-order valence-corrected chi connectivity index (χ2v) is 5.54. The van der Waals surface area contributed by atoms with Gasteiger partial charge in [-0.05, 0) is 24.6 Å². The van der Waals surface area contributed by atoms with Gasteiger partial charge in [-0.25, -0.2) is 4.79 Å². The summed E-state index contributed by atoms with van der Waals surface area (Å²) < 4.78 is 20.9. The molecular formula is C19H24N2O5. The first-order valence-corrected chi connectivity index (χ1v) is 8.03. The summed E-state index contributed by atoms with van der Waals surface area (Å²) in [5.74, 6) is 2.42. The molecule has 0 aromatic heterocycles. The van der Waals surface area contributed by atoms with Crippen LogP contribution in [-0.4, -0.2) is 34.5 Å². The van der Waals surface area contributed by atoms with Gasteiger partial charge in [0.15, 0.2) is 11.5 Å². The van der Waals surface area contributed by atoms with Crippen LogP contribution in [0.5, 0.6) is 23.0 Å². The Labute approximate surface area is 153 Å². The average Bonchev–Trinajstić information content (AvgIpc) is 2.66. The molecule has 2 aromatic carbocycles. The second kappa shape index (κ2) is 8.84. The van der Waals surface area contributed by atoms with Crippen molar-refractivity contribution in [2.45, 2.75) is 13.0 Å². The van der Waals surface area contributed by atoms with Crippen molar-refractivity contribution in [1.29, 1.82) is 0 Å². The van der Waals surface area contributed by atoms with E-state index in [1.807, 2.05) is 19.1 Å². The average molecular weight is 360 g/mol. The molecule has 0 spiro atoms. The standard InChI is InChI=1S/C19H24N2O5/c1-12(13-6-7-17(25-4)18(8-13)26-5)20-19(22)21-14-9-15(23-2)11-16(10-14)24-3/h6-12H,1-5H3,(H2,20,21,22). The van der Waals surface area contributed by atoms with Crippen LogP contribution < -0.4 is 29.6 Å². The lowest BCUT2D eigenvalue weighted by molar-refractivity contribution is 0.249. The number of carbonyl (C=O) groups is 1. The van der Waals surface area contributed by atoms with E-state index in [9.17, 15) is 4.79 Å². The van der Waals surface area contributed by atoms with Gasteiger partial charge in [0.25, 0.3) is 0 Å². The smallest absolute Gasteiger partial charge is 0.319 e. The molecule has 2 aromatic rings. The molecule has 0 aliphatic carbocycles. The van der Waals surface area contributed by atoms with Crippen molar-refractivity contribution in [1.82, 2.24) is 5.32 Å². The topological polar surface area (TPSA) is 78.1 Å². The Morgan fingerprint density at radius 1 is 0.846 bits per heavy atom. The van der Waals surface area contributed by atoms with Crippen molar-refractivity contribution < 1.29 is 23.7 Å².